The summed E-state index contributed by atoms with van der Waals surface area (Å²) in [6.07, 6.45) is 0. The van der Waals surface area contributed by atoms with Crippen molar-refractivity contribution in [3.8, 4) is 0 Å². The minimum Gasteiger partial charge on any atom is -0.397 e. The van der Waals surface area contributed by atoms with Gasteiger partial charge >= 0.3 is 6.03 Å². The monoisotopic (exact) mass is 279 g/mol. The van der Waals surface area contributed by atoms with Crippen LogP contribution in [-0.2, 0) is 0 Å². The summed E-state index contributed by atoms with van der Waals surface area (Å²) in [5.41, 5.74) is 6.64. The van der Waals surface area contributed by atoms with E-state index in [1.807, 2.05) is 0 Å². The quantitative estimate of drug-likeness (QED) is 0.734. The summed E-state index contributed by atoms with van der Waals surface area (Å²) in [6, 6.07) is 9.88. The number of hydrogen-bond donors (Lipinski definition) is 3. The smallest absolute Gasteiger partial charge is 0.323 e. The average Bonchev–Trinajstić information content (AvgIpc) is 2.34. The van der Waals surface area contributed by atoms with Crippen molar-refractivity contribution in [3.63, 3.8) is 0 Å². The molecule has 0 aliphatic carbocycles. The molecule has 0 fully saturated rings. The predicted molar refractivity (Wildman–Crippen MR) is 74.9 cm³/mol. The molecule has 0 aromatic heterocycles. The number of hydrogen-bond acceptors (Lipinski definition) is 2. The first-order chi connectivity index (χ1) is 9.04. The first-order valence-electron chi connectivity index (χ1n) is 5.43. The van der Waals surface area contributed by atoms with Gasteiger partial charge in [0.05, 0.1) is 11.4 Å². The number of amides is 2. The lowest BCUT2D eigenvalue weighted by Gasteiger charge is -2.09. The van der Waals surface area contributed by atoms with Crippen LogP contribution in [0.4, 0.5) is 26.2 Å². The molecule has 0 bridgehead atoms. The SMILES string of the molecule is Nc1ccc(F)cc1NC(=O)Nc1cccc(Cl)c1. The maximum atomic E-state index is 13.0. The minimum absolute atomic E-state index is 0.208. The van der Waals surface area contributed by atoms with Crippen LogP contribution in [0.1, 0.15) is 0 Å². The van der Waals surface area contributed by atoms with Gasteiger partial charge in [0.2, 0.25) is 0 Å². The van der Waals surface area contributed by atoms with Crippen LogP contribution in [0, 0.1) is 5.82 Å². The second-order valence-electron chi connectivity index (χ2n) is 3.82. The number of urea groups is 1. The number of anilines is 3. The van der Waals surface area contributed by atoms with Gasteiger partial charge in [0.25, 0.3) is 0 Å². The molecule has 4 nitrogen and oxygen atoms in total. The van der Waals surface area contributed by atoms with Gasteiger partial charge in [0.15, 0.2) is 0 Å². The van der Waals surface area contributed by atoms with Crippen LogP contribution in [0.2, 0.25) is 5.02 Å². The summed E-state index contributed by atoms with van der Waals surface area (Å²) in [5.74, 6) is -0.479. The van der Waals surface area contributed by atoms with Crippen LogP contribution >= 0.6 is 11.6 Å². The summed E-state index contributed by atoms with van der Waals surface area (Å²) in [5, 5.41) is 5.53. The highest BCUT2D eigenvalue weighted by Crippen LogP contribution is 2.20. The highest BCUT2D eigenvalue weighted by atomic mass is 35.5. The van der Waals surface area contributed by atoms with E-state index >= 15 is 0 Å². The Morgan fingerprint density at radius 1 is 1.16 bits per heavy atom. The fraction of sp³-hybridized carbons (Fsp3) is 0. The van der Waals surface area contributed by atoms with Gasteiger partial charge in [-0.25, -0.2) is 9.18 Å². The van der Waals surface area contributed by atoms with E-state index in [1.165, 1.54) is 12.1 Å². The zero-order chi connectivity index (χ0) is 13.8. The zero-order valence-electron chi connectivity index (χ0n) is 9.78. The van der Waals surface area contributed by atoms with E-state index in [1.54, 1.807) is 24.3 Å². The molecule has 0 atom stereocenters. The molecule has 0 aliphatic rings. The molecule has 0 heterocycles. The van der Waals surface area contributed by atoms with Crippen molar-refractivity contribution < 1.29 is 9.18 Å². The summed E-state index contributed by atoms with van der Waals surface area (Å²) in [7, 11) is 0. The second kappa shape index (κ2) is 5.58. The molecule has 98 valence electrons. The lowest BCUT2D eigenvalue weighted by Crippen LogP contribution is -2.20. The molecular formula is C13H11ClFN3O. The van der Waals surface area contributed by atoms with Crippen LogP contribution in [-0.4, -0.2) is 6.03 Å². The van der Waals surface area contributed by atoms with Crippen molar-refractivity contribution in [1.82, 2.24) is 0 Å². The Balaban J connectivity index is 2.07. The van der Waals surface area contributed by atoms with Crippen molar-refractivity contribution in [2.24, 2.45) is 0 Å². The van der Waals surface area contributed by atoms with Crippen LogP contribution in [0.3, 0.4) is 0 Å². The van der Waals surface area contributed by atoms with Gasteiger partial charge in [-0.1, -0.05) is 17.7 Å². The summed E-state index contributed by atoms with van der Waals surface area (Å²) in [4.78, 5) is 11.7. The van der Waals surface area contributed by atoms with Crippen LogP contribution in [0.25, 0.3) is 0 Å². The van der Waals surface area contributed by atoms with Crippen LogP contribution in [0.5, 0.6) is 0 Å². The maximum absolute atomic E-state index is 13.0. The van der Waals surface area contributed by atoms with Gasteiger partial charge in [-0.05, 0) is 36.4 Å². The van der Waals surface area contributed by atoms with Crippen LogP contribution in [0.15, 0.2) is 42.5 Å². The molecule has 0 saturated carbocycles. The largest absolute Gasteiger partial charge is 0.397 e. The highest BCUT2D eigenvalue weighted by molar-refractivity contribution is 6.30. The molecule has 0 spiro atoms. The molecule has 0 radical (unpaired) electrons. The zero-order valence-corrected chi connectivity index (χ0v) is 10.5. The van der Waals surface area contributed by atoms with E-state index in [0.717, 1.165) is 6.07 Å². The van der Waals surface area contributed by atoms with Crippen molar-refractivity contribution in [3.05, 3.63) is 53.3 Å². The number of nitrogens with one attached hydrogen (secondary N) is 2. The van der Waals surface area contributed by atoms with E-state index in [0.29, 0.717) is 10.7 Å². The van der Waals surface area contributed by atoms with E-state index in [4.69, 9.17) is 17.3 Å². The molecule has 2 amide bonds. The highest BCUT2D eigenvalue weighted by Gasteiger charge is 2.06. The number of nitrogen functional groups attached to an aromatic ring is 1. The van der Waals surface area contributed by atoms with Gasteiger partial charge in [-0.2, -0.15) is 0 Å². The van der Waals surface area contributed by atoms with Crippen molar-refractivity contribution in [1.29, 1.82) is 0 Å². The Labute approximate surface area is 114 Å². The fourth-order valence-electron chi connectivity index (χ4n) is 1.49. The van der Waals surface area contributed by atoms with Crippen LogP contribution < -0.4 is 16.4 Å². The van der Waals surface area contributed by atoms with Gasteiger partial charge in [0, 0.05) is 10.7 Å². The number of halogens is 2. The first kappa shape index (κ1) is 13.2. The summed E-state index contributed by atoms with van der Waals surface area (Å²) >= 11 is 5.79. The van der Waals surface area contributed by atoms with Gasteiger partial charge in [0.1, 0.15) is 5.82 Å². The topological polar surface area (TPSA) is 67.1 Å². The third kappa shape index (κ3) is 3.59. The van der Waals surface area contributed by atoms with Crippen molar-refractivity contribution >= 4 is 34.7 Å². The third-order valence-electron chi connectivity index (χ3n) is 2.35. The minimum atomic E-state index is -0.528. The van der Waals surface area contributed by atoms with Gasteiger partial charge in [-0.15, -0.1) is 0 Å². The average molecular weight is 280 g/mol. The first-order valence-corrected chi connectivity index (χ1v) is 5.81. The number of benzene rings is 2. The number of carbonyl (C=O) groups excluding carboxylic acids is 1. The Morgan fingerprint density at radius 2 is 1.95 bits per heavy atom. The Hall–Kier alpha value is -2.27. The molecule has 19 heavy (non-hydrogen) atoms. The number of carbonyl (C=O) groups is 1. The summed E-state index contributed by atoms with van der Waals surface area (Å²) in [6.45, 7) is 0. The van der Waals surface area contributed by atoms with E-state index in [9.17, 15) is 9.18 Å². The normalized spacial score (nSPS) is 10.0. The number of nitrogens with two attached hydrogens (primary N) is 1. The lowest BCUT2D eigenvalue weighted by molar-refractivity contribution is 0.262. The fourth-order valence-corrected chi connectivity index (χ4v) is 1.68. The molecule has 4 N–H and O–H groups in total. The van der Waals surface area contributed by atoms with Gasteiger partial charge < -0.3 is 16.4 Å². The molecule has 6 heteroatoms. The lowest BCUT2D eigenvalue weighted by atomic mass is 10.2. The maximum Gasteiger partial charge on any atom is 0.323 e. The molecule has 2 rings (SSSR count). The molecule has 0 saturated heterocycles. The standard InChI is InChI=1S/C13H11ClFN3O/c14-8-2-1-3-10(6-8)17-13(19)18-12-7-9(15)4-5-11(12)16/h1-7H,16H2,(H2,17,18,19). The second-order valence-corrected chi connectivity index (χ2v) is 4.26. The third-order valence-corrected chi connectivity index (χ3v) is 2.58. The van der Waals surface area contributed by atoms with E-state index in [-0.39, 0.29) is 11.4 Å². The molecule has 2 aromatic carbocycles. The summed E-state index contributed by atoms with van der Waals surface area (Å²) < 4.78 is 13.0. The molecule has 2 aromatic rings. The predicted octanol–water partition coefficient (Wildman–Crippen LogP) is 3.71. The molecular weight excluding hydrogens is 269 g/mol. The Morgan fingerprint density at radius 3 is 2.68 bits per heavy atom. The Bertz CT molecular complexity index is 619. The van der Waals surface area contributed by atoms with Gasteiger partial charge in [-0.3, -0.25) is 0 Å². The van der Waals surface area contributed by atoms with Crippen molar-refractivity contribution in [2.75, 3.05) is 16.4 Å². The Kier molecular flexibility index (Phi) is 3.87. The van der Waals surface area contributed by atoms with Crippen molar-refractivity contribution in [2.45, 2.75) is 0 Å². The van der Waals surface area contributed by atoms with E-state index < -0.39 is 11.8 Å². The molecule has 0 aliphatic heterocycles. The van der Waals surface area contributed by atoms with E-state index in [2.05, 4.69) is 10.6 Å². The number of rotatable bonds is 2. The molecule has 0 unspecified atom stereocenters.